The number of likely N-dealkylation sites (tertiary alicyclic amines) is 1. The second-order valence-electron chi connectivity index (χ2n) is 5.94. The molecule has 0 saturated carbocycles. The average molecular weight is 280 g/mol. The van der Waals surface area contributed by atoms with Gasteiger partial charge in [0.15, 0.2) is 0 Å². The van der Waals surface area contributed by atoms with E-state index in [2.05, 4.69) is 53.2 Å². The molecular formula is C19H24N2. The van der Waals surface area contributed by atoms with E-state index in [0.29, 0.717) is 6.04 Å². The smallest absolute Gasteiger partial charge is 0.0366 e. The van der Waals surface area contributed by atoms with E-state index < -0.39 is 0 Å². The van der Waals surface area contributed by atoms with E-state index >= 15 is 0 Å². The van der Waals surface area contributed by atoms with Crippen LogP contribution >= 0.6 is 0 Å². The minimum absolute atomic E-state index is 0.526. The fourth-order valence-corrected chi connectivity index (χ4v) is 3.25. The van der Waals surface area contributed by atoms with Crippen LogP contribution in [0.3, 0.4) is 0 Å². The van der Waals surface area contributed by atoms with Gasteiger partial charge in [0.25, 0.3) is 0 Å². The van der Waals surface area contributed by atoms with Crippen molar-refractivity contribution in [1.82, 2.24) is 9.88 Å². The number of piperidine rings is 1. The van der Waals surface area contributed by atoms with E-state index in [0.717, 1.165) is 13.0 Å². The van der Waals surface area contributed by atoms with E-state index in [1.807, 2.05) is 12.4 Å². The highest BCUT2D eigenvalue weighted by molar-refractivity contribution is 5.23. The zero-order valence-corrected chi connectivity index (χ0v) is 12.8. The highest BCUT2D eigenvalue weighted by Crippen LogP contribution is 2.31. The summed E-state index contributed by atoms with van der Waals surface area (Å²) in [6.45, 7) is 4.44. The number of aromatic nitrogens is 1. The SMILES string of the molecule is CCc1ccc(CN2CCCC[C@@H]2c2cccnc2)cc1. The monoisotopic (exact) mass is 280 g/mol. The maximum Gasteiger partial charge on any atom is 0.0366 e. The largest absolute Gasteiger partial charge is 0.292 e. The van der Waals surface area contributed by atoms with Crippen LogP contribution in [0.5, 0.6) is 0 Å². The van der Waals surface area contributed by atoms with Crippen LogP contribution in [0.2, 0.25) is 0 Å². The van der Waals surface area contributed by atoms with E-state index in [9.17, 15) is 0 Å². The van der Waals surface area contributed by atoms with Crippen molar-refractivity contribution in [3.8, 4) is 0 Å². The van der Waals surface area contributed by atoms with Gasteiger partial charge in [-0.25, -0.2) is 0 Å². The van der Waals surface area contributed by atoms with Crippen LogP contribution in [0.25, 0.3) is 0 Å². The van der Waals surface area contributed by atoms with Gasteiger partial charge in [0, 0.05) is 25.0 Å². The molecule has 1 aromatic heterocycles. The third kappa shape index (κ3) is 3.51. The molecule has 1 aliphatic heterocycles. The maximum absolute atomic E-state index is 4.30. The summed E-state index contributed by atoms with van der Waals surface area (Å²) in [5.41, 5.74) is 4.20. The molecule has 0 radical (unpaired) electrons. The first-order chi connectivity index (χ1) is 10.4. The van der Waals surface area contributed by atoms with Gasteiger partial charge in [0.2, 0.25) is 0 Å². The molecule has 2 heteroatoms. The normalized spacial score (nSPS) is 19.6. The molecule has 0 aliphatic carbocycles. The summed E-state index contributed by atoms with van der Waals surface area (Å²) in [5, 5.41) is 0. The number of hydrogen-bond donors (Lipinski definition) is 0. The molecule has 0 spiro atoms. The second-order valence-corrected chi connectivity index (χ2v) is 5.94. The zero-order valence-electron chi connectivity index (χ0n) is 12.8. The number of nitrogens with zero attached hydrogens (tertiary/aromatic N) is 2. The van der Waals surface area contributed by atoms with Crippen LogP contribution in [0.1, 0.15) is 48.9 Å². The molecule has 2 nitrogen and oxygen atoms in total. The predicted molar refractivity (Wildman–Crippen MR) is 87.1 cm³/mol. The highest BCUT2D eigenvalue weighted by atomic mass is 15.2. The van der Waals surface area contributed by atoms with Crippen molar-refractivity contribution in [1.29, 1.82) is 0 Å². The van der Waals surface area contributed by atoms with Crippen molar-refractivity contribution in [2.45, 2.75) is 45.2 Å². The molecular weight excluding hydrogens is 256 g/mol. The van der Waals surface area contributed by atoms with Crippen molar-refractivity contribution in [3.63, 3.8) is 0 Å². The van der Waals surface area contributed by atoms with Crippen LogP contribution in [-0.2, 0) is 13.0 Å². The summed E-state index contributed by atoms with van der Waals surface area (Å²) in [4.78, 5) is 6.91. The molecule has 3 rings (SSSR count). The Morgan fingerprint density at radius 2 is 1.90 bits per heavy atom. The molecule has 110 valence electrons. The lowest BCUT2D eigenvalue weighted by Crippen LogP contribution is -2.32. The third-order valence-electron chi connectivity index (χ3n) is 4.50. The molecule has 1 saturated heterocycles. The Labute approximate surface area is 127 Å². The zero-order chi connectivity index (χ0) is 14.5. The van der Waals surface area contributed by atoms with Gasteiger partial charge in [-0.1, -0.05) is 43.7 Å². The molecule has 1 aromatic carbocycles. The van der Waals surface area contributed by atoms with Gasteiger partial charge in [-0.15, -0.1) is 0 Å². The average Bonchev–Trinajstić information content (AvgIpc) is 2.57. The number of rotatable bonds is 4. The number of pyridine rings is 1. The number of benzene rings is 1. The van der Waals surface area contributed by atoms with E-state index in [1.54, 1.807) is 0 Å². The molecule has 1 atom stereocenters. The van der Waals surface area contributed by atoms with Crippen molar-refractivity contribution in [2.75, 3.05) is 6.54 Å². The van der Waals surface area contributed by atoms with E-state index in [1.165, 1.54) is 42.5 Å². The molecule has 1 aliphatic rings. The topological polar surface area (TPSA) is 16.1 Å². The van der Waals surface area contributed by atoms with Gasteiger partial charge >= 0.3 is 0 Å². The summed E-state index contributed by atoms with van der Waals surface area (Å²) < 4.78 is 0. The Hall–Kier alpha value is -1.67. The molecule has 1 fully saturated rings. The standard InChI is InChI=1S/C19H24N2/c1-2-16-8-10-17(11-9-16)15-21-13-4-3-7-19(21)18-6-5-12-20-14-18/h5-6,8-12,14,19H,2-4,7,13,15H2,1H3/t19-/m1/s1. The minimum atomic E-state index is 0.526. The maximum atomic E-state index is 4.30. The van der Waals surface area contributed by atoms with E-state index in [-0.39, 0.29) is 0 Å². The van der Waals surface area contributed by atoms with Gasteiger partial charge in [0.1, 0.15) is 0 Å². The van der Waals surface area contributed by atoms with Gasteiger partial charge < -0.3 is 0 Å². The fourth-order valence-electron chi connectivity index (χ4n) is 3.25. The molecule has 21 heavy (non-hydrogen) atoms. The van der Waals surface area contributed by atoms with Gasteiger partial charge in [-0.05, 0) is 48.6 Å². The Kier molecular flexibility index (Phi) is 4.66. The Balaban J connectivity index is 1.75. The first-order valence-electron chi connectivity index (χ1n) is 8.08. The Morgan fingerprint density at radius 3 is 2.62 bits per heavy atom. The predicted octanol–water partition coefficient (Wildman–Crippen LogP) is 4.37. The van der Waals surface area contributed by atoms with Crippen LogP contribution < -0.4 is 0 Å². The molecule has 0 unspecified atom stereocenters. The molecule has 2 heterocycles. The van der Waals surface area contributed by atoms with Gasteiger partial charge in [0.05, 0.1) is 0 Å². The molecule has 0 amide bonds. The first-order valence-corrected chi connectivity index (χ1v) is 8.08. The van der Waals surface area contributed by atoms with Crippen LogP contribution in [-0.4, -0.2) is 16.4 Å². The summed E-state index contributed by atoms with van der Waals surface area (Å²) >= 11 is 0. The fraction of sp³-hybridized carbons (Fsp3) is 0.421. The van der Waals surface area contributed by atoms with Crippen molar-refractivity contribution >= 4 is 0 Å². The van der Waals surface area contributed by atoms with Gasteiger partial charge in [-0.2, -0.15) is 0 Å². The summed E-state index contributed by atoms with van der Waals surface area (Å²) in [5.74, 6) is 0. The van der Waals surface area contributed by atoms with Crippen molar-refractivity contribution in [2.24, 2.45) is 0 Å². The lowest BCUT2D eigenvalue weighted by Gasteiger charge is -2.36. The van der Waals surface area contributed by atoms with Gasteiger partial charge in [-0.3, -0.25) is 9.88 Å². The second kappa shape index (κ2) is 6.86. The van der Waals surface area contributed by atoms with Crippen LogP contribution in [0, 0.1) is 0 Å². The van der Waals surface area contributed by atoms with E-state index in [4.69, 9.17) is 0 Å². The lowest BCUT2D eigenvalue weighted by atomic mass is 9.95. The summed E-state index contributed by atoms with van der Waals surface area (Å²) in [6.07, 6.45) is 8.89. The van der Waals surface area contributed by atoms with Crippen LogP contribution in [0.15, 0.2) is 48.8 Å². The minimum Gasteiger partial charge on any atom is -0.292 e. The quantitative estimate of drug-likeness (QED) is 0.826. The molecule has 2 aromatic rings. The van der Waals surface area contributed by atoms with Crippen molar-refractivity contribution < 1.29 is 0 Å². The number of hydrogen-bond acceptors (Lipinski definition) is 2. The Morgan fingerprint density at radius 1 is 1.10 bits per heavy atom. The Bertz CT molecular complexity index is 548. The molecule has 0 N–H and O–H groups in total. The van der Waals surface area contributed by atoms with Crippen molar-refractivity contribution in [3.05, 3.63) is 65.5 Å². The summed E-state index contributed by atoms with van der Waals surface area (Å²) in [7, 11) is 0. The third-order valence-corrected chi connectivity index (χ3v) is 4.50. The highest BCUT2D eigenvalue weighted by Gasteiger charge is 2.23. The summed E-state index contributed by atoms with van der Waals surface area (Å²) in [6, 6.07) is 13.9. The first kappa shape index (κ1) is 14.3. The number of aryl methyl sites for hydroxylation is 1. The lowest BCUT2D eigenvalue weighted by molar-refractivity contribution is 0.140. The molecule has 0 bridgehead atoms. The van der Waals surface area contributed by atoms with Crippen LogP contribution in [0.4, 0.5) is 0 Å².